The number of carbonyl (C=O) groups excluding carboxylic acids is 2. The van der Waals surface area contributed by atoms with E-state index in [0.717, 1.165) is 31.0 Å². The number of ether oxygens (including phenoxy) is 2. The Balaban J connectivity index is 0.000000412. The number of rotatable bonds is 5. The molecule has 1 aromatic carbocycles. The van der Waals surface area contributed by atoms with E-state index in [4.69, 9.17) is 0 Å². The summed E-state index contributed by atoms with van der Waals surface area (Å²) in [7, 11) is 1.40. The van der Waals surface area contributed by atoms with Gasteiger partial charge in [0.1, 0.15) is 5.60 Å². The summed E-state index contributed by atoms with van der Waals surface area (Å²) in [5.74, 6) is 0.525. The van der Waals surface area contributed by atoms with Crippen LogP contribution in [0.1, 0.15) is 56.0 Å². The summed E-state index contributed by atoms with van der Waals surface area (Å²) >= 11 is 0. The molecule has 2 rings (SSSR count). The molecule has 1 aliphatic heterocycles. The van der Waals surface area contributed by atoms with Crippen LogP contribution in [0.25, 0.3) is 6.08 Å². The third-order valence-corrected chi connectivity index (χ3v) is 3.97. The quantitative estimate of drug-likeness (QED) is 0.638. The summed E-state index contributed by atoms with van der Waals surface area (Å²) in [6.45, 7) is 8.21. The number of hydrogen-bond acceptors (Lipinski definition) is 5. The third-order valence-electron chi connectivity index (χ3n) is 3.97. The van der Waals surface area contributed by atoms with Gasteiger partial charge in [0.05, 0.1) is 12.7 Å². The van der Waals surface area contributed by atoms with Crippen molar-refractivity contribution < 1.29 is 19.1 Å². The monoisotopic (exact) mass is 361 g/mol. The fraction of sp³-hybridized carbons (Fsp3) is 0.524. The van der Waals surface area contributed by atoms with Crippen LogP contribution in [0.2, 0.25) is 0 Å². The predicted molar refractivity (Wildman–Crippen MR) is 104 cm³/mol. The van der Waals surface area contributed by atoms with Crippen molar-refractivity contribution in [2.75, 3.05) is 20.2 Å². The molecule has 1 aliphatic rings. The number of benzene rings is 1. The lowest BCUT2D eigenvalue weighted by Crippen LogP contribution is -2.27. The van der Waals surface area contributed by atoms with Crippen LogP contribution in [0.15, 0.2) is 30.3 Å². The van der Waals surface area contributed by atoms with Crippen molar-refractivity contribution in [3.63, 3.8) is 0 Å². The first kappa shape index (κ1) is 21.9. The van der Waals surface area contributed by atoms with Crippen molar-refractivity contribution >= 4 is 18.5 Å². The van der Waals surface area contributed by atoms with E-state index < -0.39 is 0 Å². The predicted octanol–water partition coefficient (Wildman–Crippen LogP) is 3.83. The Morgan fingerprint density at radius 2 is 1.81 bits per heavy atom. The zero-order chi connectivity index (χ0) is 19.4. The maximum atomic E-state index is 11.3. The van der Waals surface area contributed by atoms with Gasteiger partial charge < -0.3 is 14.8 Å². The second-order valence-electron chi connectivity index (χ2n) is 7.27. The molecule has 0 aromatic heterocycles. The van der Waals surface area contributed by atoms with Crippen LogP contribution in [0.5, 0.6) is 0 Å². The largest absolute Gasteiger partial charge is 0.465 e. The molecule has 1 saturated heterocycles. The highest BCUT2D eigenvalue weighted by Gasteiger charge is 2.10. The molecular formula is C21H31NO4. The van der Waals surface area contributed by atoms with Crippen molar-refractivity contribution in [2.24, 2.45) is 5.92 Å². The lowest BCUT2D eigenvalue weighted by molar-refractivity contribution is -0.138. The highest BCUT2D eigenvalue weighted by atomic mass is 16.5. The van der Waals surface area contributed by atoms with Crippen molar-refractivity contribution in [1.29, 1.82) is 0 Å². The average molecular weight is 361 g/mol. The number of carbonyl (C=O) groups is 2. The van der Waals surface area contributed by atoms with Crippen molar-refractivity contribution in [2.45, 2.75) is 45.6 Å². The number of allylic oxidation sites excluding steroid dienone is 1. The molecule has 1 aromatic rings. The maximum absolute atomic E-state index is 11.3. The fourth-order valence-electron chi connectivity index (χ4n) is 2.51. The van der Waals surface area contributed by atoms with Crippen molar-refractivity contribution in [1.82, 2.24) is 5.32 Å². The summed E-state index contributed by atoms with van der Waals surface area (Å²) in [5, 5.41) is 3.38. The summed E-state index contributed by atoms with van der Waals surface area (Å²) in [6.07, 6.45) is 8.05. The van der Waals surface area contributed by atoms with E-state index in [2.05, 4.69) is 26.9 Å². The van der Waals surface area contributed by atoms with Gasteiger partial charge in [0.2, 0.25) is 0 Å². The molecule has 0 amide bonds. The third kappa shape index (κ3) is 9.37. The Kier molecular flexibility index (Phi) is 9.66. The second-order valence-corrected chi connectivity index (χ2v) is 7.27. The fourth-order valence-corrected chi connectivity index (χ4v) is 2.51. The van der Waals surface area contributed by atoms with Crippen molar-refractivity contribution in [3.8, 4) is 0 Å². The van der Waals surface area contributed by atoms with Gasteiger partial charge in [0, 0.05) is 0 Å². The molecule has 0 radical (unpaired) electrons. The molecule has 1 fully saturated rings. The molecule has 0 aliphatic carbocycles. The van der Waals surface area contributed by atoms with Gasteiger partial charge in [0.25, 0.3) is 6.47 Å². The van der Waals surface area contributed by atoms with E-state index in [0.29, 0.717) is 12.0 Å². The number of piperidine rings is 1. The Morgan fingerprint density at radius 3 is 2.27 bits per heavy atom. The van der Waals surface area contributed by atoms with Gasteiger partial charge in [-0.3, -0.25) is 4.79 Å². The highest BCUT2D eigenvalue weighted by molar-refractivity contribution is 5.89. The van der Waals surface area contributed by atoms with E-state index in [1.54, 1.807) is 12.1 Å². The first-order chi connectivity index (χ1) is 12.4. The van der Waals surface area contributed by atoms with E-state index in [9.17, 15) is 9.59 Å². The van der Waals surface area contributed by atoms with E-state index >= 15 is 0 Å². The number of hydrogen-bond donors (Lipinski definition) is 1. The van der Waals surface area contributed by atoms with Crippen LogP contribution in [0.3, 0.4) is 0 Å². The molecule has 0 bridgehead atoms. The molecule has 1 N–H and O–H groups in total. The van der Waals surface area contributed by atoms with E-state index in [1.165, 1.54) is 20.0 Å². The van der Waals surface area contributed by atoms with Gasteiger partial charge in [0.15, 0.2) is 0 Å². The summed E-state index contributed by atoms with van der Waals surface area (Å²) in [4.78, 5) is 20.9. The normalized spacial score (nSPS) is 15.1. The second kappa shape index (κ2) is 11.5. The molecule has 0 spiro atoms. The first-order valence-electron chi connectivity index (χ1n) is 9.03. The van der Waals surface area contributed by atoms with Crippen LogP contribution < -0.4 is 5.32 Å². The Bertz CT molecular complexity index is 567. The minimum atomic E-state index is -0.318. The highest BCUT2D eigenvalue weighted by Crippen LogP contribution is 2.17. The summed E-state index contributed by atoms with van der Waals surface area (Å²) in [5.41, 5.74) is 1.40. The summed E-state index contributed by atoms with van der Waals surface area (Å²) in [6, 6.07) is 7.50. The van der Waals surface area contributed by atoms with Gasteiger partial charge >= 0.3 is 5.97 Å². The Hall–Kier alpha value is -2.14. The number of methoxy groups -OCH3 is 1. The van der Waals surface area contributed by atoms with Crippen molar-refractivity contribution in [3.05, 3.63) is 41.5 Å². The zero-order valence-corrected chi connectivity index (χ0v) is 16.3. The van der Waals surface area contributed by atoms with Gasteiger partial charge in [-0.15, -0.1) is 0 Å². The molecule has 1 heterocycles. The molecule has 144 valence electrons. The molecule has 26 heavy (non-hydrogen) atoms. The molecule has 0 unspecified atom stereocenters. The maximum Gasteiger partial charge on any atom is 0.337 e. The zero-order valence-electron chi connectivity index (χ0n) is 16.3. The molecule has 0 saturated carbocycles. The van der Waals surface area contributed by atoms with Crippen LogP contribution in [0.4, 0.5) is 0 Å². The SMILES string of the molecule is CC(C)(C)OC=O.COC(=O)c1ccc(/C=C/CC2CCNCC2)cc1. The van der Waals surface area contributed by atoms with Crippen LogP contribution in [-0.4, -0.2) is 38.2 Å². The standard InChI is InChI=1S/C16H21NO2.C5H10O2/c1-19-16(18)15-7-5-13(6-8-15)3-2-4-14-9-11-17-12-10-14;1-5(2,3)7-4-6/h2-3,5-8,14,17H,4,9-12H2,1H3;4H,1-3H3/b3-2+;. The number of nitrogens with one attached hydrogen (secondary N) is 1. The summed E-state index contributed by atoms with van der Waals surface area (Å²) < 4.78 is 9.22. The average Bonchev–Trinajstić information content (AvgIpc) is 2.62. The molecular weight excluding hydrogens is 330 g/mol. The van der Waals surface area contributed by atoms with Gasteiger partial charge in [-0.25, -0.2) is 4.79 Å². The van der Waals surface area contributed by atoms with Crippen LogP contribution in [-0.2, 0) is 14.3 Å². The Labute approximate surface area is 156 Å². The smallest absolute Gasteiger partial charge is 0.337 e. The van der Waals surface area contributed by atoms with E-state index in [-0.39, 0.29) is 11.6 Å². The van der Waals surface area contributed by atoms with E-state index in [1.807, 2.05) is 32.9 Å². The lowest BCUT2D eigenvalue weighted by atomic mass is 9.94. The van der Waals surface area contributed by atoms with Crippen LogP contribution in [0, 0.1) is 5.92 Å². The van der Waals surface area contributed by atoms with Gasteiger partial charge in [-0.1, -0.05) is 24.3 Å². The lowest BCUT2D eigenvalue weighted by Gasteiger charge is -2.20. The van der Waals surface area contributed by atoms with Gasteiger partial charge in [-0.05, 0) is 76.7 Å². The minimum absolute atomic E-state index is 0.287. The molecule has 5 nitrogen and oxygen atoms in total. The Morgan fingerprint density at radius 1 is 1.19 bits per heavy atom. The van der Waals surface area contributed by atoms with Gasteiger partial charge in [-0.2, -0.15) is 0 Å². The minimum Gasteiger partial charge on any atom is -0.465 e. The first-order valence-corrected chi connectivity index (χ1v) is 9.03. The van der Waals surface area contributed by atoms with Crippen LogP contribution >= 0.6 is 0 Å². The number of esters is 1. The molecule has 5 heteroatoms. The molecule has 0 atom stereocenters. The topological polar surface area (TPSA) is 64.6 Å².